The molecule has 0 bridgehead atoms. The molecule has 1 N–H and O–H groups in total. The Labute approximate surface area is 56.3 Å². The van der Waals surface area contributed by atoms with E-state index in [-0.39, 0.29) is 0 Å². The molecule has 0 aromatic heterocycles. The van der Waals surface area contributed by atoms with E-state index in [0.29, 0.717) is 4.48 Å². The largest absolute Gasteiger partial charge is 0.478 e. The van der Waals surface area contributed by atoms with Crippen molar-refractivity contribution in [2.75, 3.05) is 0 Å². The smallest absolute Gasteiger partial charge is 0.329 e. The van der Waals surface area contributed by atoms with Gasteiger partial charge < -0.3 is 5.11 Å². The summed E-state index contributed by atoms with van der Waals surface area (Å²) in [4.78, 5) is 9.86. The maximum Gasteiger partial charge on any atom is 0.329 e. The summed E-state index contributed by atoms with van der Waals surface area (Å²) in [6.45, 7) is 1.88. The molecule has 0 radical (unpaired) electrons. The van der Waals surface area contributed by atoms with Gasteiger partial charge in [-0.3, -0.25) is 0 Å². The van der Waals surface area contributed by atoms with Gasteiger partial charge in [-0.2, -0.15) is 0 Å². The lowest BCUT2D eigenvalue weighted by Gasteiger charge is -1.85. The first-order valence-electron chi connectivity index (χ1n) is 2.25. The van der Waals surface area contributed by atoms with Gasteiger partial charge in [-0.1, -0.05) is 22.9 Å². The zero-order chi connectivity index (χ0) is 6.57. The number of hydrogen-bond acceptors (Lipinski definition) is 1. The number of aliphatic carboxylic acids is 1. The normalized spacial score (nSPS) is 11.5. The lowest BCUT2D eigenvalue weighted by molar-refractivity contribution is -0.131. The monoisotopic (exact) mass is 178 g/mol. The lowest BCUT2D eigenvalue weighted by Crippen LogP contribution is -1.86. The number of carboxylic acids is 1. The van der Waals surface area contributed by atoms with Crippen LogP contribution in [0, 0.1) is 0 Å². The van der Waals surface area contributed by atoms with Crippen LogP contribution in [-0.4, -0.2) is 11.1 Å². The van der Waals surface area contributed by atoms with Crippen molar-refractivity contribution in [2.24, 2.45) is 0 Å². The number of halogens is 1. The molecule has 0 saturated carbocycles. The molecule has 0 atom stereocenters. The molecule has 0 spiro atoms. The van der Waals surface area contributed by atoms with Crippen LogP contribution < -0.4 is 0 Å². The van der Waals surface area contributed by atoms with Crippen molar-refractivity contribution in [1.29, 1.82) is 0 Å². The Bertz CT molecular complexity index is 118. The molecule has 0 amide bonds. The van der Waals surface area contributed by atoms with E-state index in [1.165, 1.54) is 0 Å². The number of carbonyl (C=O) groups is 1. The minimum absolute atomic E-state index is 0.713. The van der Waals surface area contributed by atoms with Crippen molar-refractivity contribution in [3.05, 3.63) is 10.6 Å². The quantitative estimate of drug-likeness (QED) is 0.655. The molecule has 46 valence electrons. The standard InChI is InChI=1S/C5H7BrO2/c1-2-4(6)3-5(7)8/h3H,2H2,1H3,(H,7,8)/b4-3-. The van der Waals surface area contributed by atoms with Crippen LogP contribution in [0.15, 0.2) is 10.6 Å². The first-order chi connectivity index (χ1) is 3.66. The van der Waals surface area contributed by atoms with Crippen molar-refractivity contribution in [2.45, 2.75) is 13.3 Å². The highest BCUT2D eigenvalue weighted by Gasteiger charge is 1.89. The molecule has 8 heavy (non-hydrogen) atoms. The molecule has 0 aliphatic carbocycles. The molecular formula is C5H7BrO2. The molecule has 0 aromatic carbocycles. The molecule has 3 heteroatoms. The lowest BCUT2D eigenvalue weighted by atomic mass is 10.4. The van der Waals surface area contributed by atoms with Gasteiger partial charge in [0.15, 0.2) is 0 Å². The van der Waals surface area contributed by atoms with Crippen molar-refractivity contribution in [3.8, 4) is 0 Å². The highest BCUT2D eigenvalue weighted by Crippen LogP contribution is 2.07. The van der Waals surface area contributed by atoms with Crippen LogP contribution in [0.4, 0.5) is 0 Å². The Morgan fingerprint density at radius 1 is 1.88 bits per heavy atom. The average Bonchev–Trinajstić information content (AvgIpc) is 1.65. The minimum Gasteiger partial charge on any atom is -0.478 e. The van der Waals surface area contributed by atoms with E-state index >= 15 is 0 Å². The predicted octanol–water partition coefficient (Wildman–Crippen LogP) is 1.76. The van der Waals surface area contributed by atoms with Gasteiger partial charge in [0.05, 0.1) is 0 Å². The molecule has 2 nitrogen and oxygen atoms in total. The van der Waals surface area contributed by atoms with E-state index in [9.17, 15) is 4.79 Å². The summed E-state index contributed by atoms with van der Waals surface area (Å²) in [5.41, 5.74) is 0. The third kappa shape index (κ3) is 3.87. The Balaban J connectivity index is 3.75. The molecule has 0 fully saturated rings. The summed E-state index contributed by atoms with van der Waals surface area (Å²) in [6, 6.07) is 0. The average molecular weight is 179 g/mol. The summed E-state index contributed by atoms with van der Waals surface area (Å²) < 4.78 is 0.713. The van der Waals surface area contributed by atoms with Gasteiger partial charge >= 0.3 is 5.97 Å². The zero-order valence-corrected chi connectivity index (χ0v) is 6.10. The number of allylic oxidation sites excluding steroid dienone is 1. The second-order valence-electron chi connectivity index (χ2n) is 1.28. The third-order valence-corrected chi connectivity index (χ3v) is 1.41. The van der Waals surface area contributed by atoms with Crippen molar-refractivity contribution >= 4 is 21.9 Å². The second-order valence-corrected chi connectivity index (χ2v) is 2.30. The van der Waals surface area contributed by atoms with Crippen LogP contribution in [0.5, 0.6) is 0 Å². The fraction of sp³-hybridized carbons (Fsp3) is 0.400. The van der Waals surface area contributed by atoms with E-state index in [1.54, 1.807) is 0 Å². The molecule has 0 aliphatic heterocycles. The molecule has 0 rings (SSSR count). The highest BCUT2D eigenvalue weighted by atomic mass is 79.9. The second kappa shape index (κ2) is 3.66. The van der Waals surface area contributed by atoms with Crippen molar-refractivity contribution in [1.82, 2.24) is 0 Å². The summed E-state index contributed by atoms with van der Waals surface area (Å²) in [6.07, 6.45) is 1.87. The predicted molar refractivity (Wildman–Crippen MR) is 34.9 cm³/mol. The third-order valence-electron chi connectivity index (χ3n) is 0.618. The van der Waals surface area contributed by atoms with E-state index in [0.717, 1.165) is 12.5 Å². The Kier molecular flexibility index (Phi) is 3.52. The highest BCUT2D eigenvalue weighted by molar-refractivity contribution is 9.11. The molecular weight excluding hydrogens is 172 g/mol. The topological polar surface area (TPSA) is 37.3 Å². The maximum atomic E-state index is 9.86. The summed E-state index contributed by atoms with van der Waals surface area (Å²) >= 11 is 3.06. The number of carboxylic acid groups (broad SMARTS) is 1. The van der Waals surface area contributed by atoms with Crippen LogP contribution in [0.25, 0.3) is 0 Å². The van der Waals surface area contributed by atoms with Crippen LogP contribution in [0.1, 0.15) is 13.3 Å². The number of hydrogen-bond donors (Lipinski definition) is 1. The molecule has 0 saturated heterocycles. The van der Waals surface area contributed by atoms with Crippen molar-refractivity contribution in [3.63, 3.8) is 0 Å². The first kappa shape index (κ1) is 7.69. The Morgan fingerprint density at radius 3 is 2.50 bits per heavy atom. The van der Waals surface area contributed by atoms with Gasteiger partial charge in [0.1, 0.15) is 0 Å². The SMILES string of the molecule is CC/C(Br)=C/C(=O)O. The van der Waals surface area contributed by atoms with Gasteiger partial charge in [-0.15, -0.1) is 0 Å². The van der Waals surface area contributed by atoms with E-state index in [1.807, 2.05) is 6.92 Å². The van der Waals surface area contributed by atoms with Gasteiger partial charge in [0, 0.05) is 10.6 Å². The molecule has 0 aromatic rings. The summed E-state index contributed by atoms with van der Waals surface area (Å²) in [5, 5.41) is 8.11. The van der Waals surface area contributed by atoms with Crippen LogP contribution in [0.3, 0.4) is 0 Å². The summed E-state index contributed by atoms with van der Waals surface area (Å²) in [5.74, 6) is -0.904. The van der Waals surface area contributed by atoms with Crippen LogP contribution >= 0.6 is 15.9 Å². The van der Waals surface area contributed by atoms with Gasteiger partial charge in [0.2, 0.25) is 0 Å². The van der Waals surface area contributed by atoms with Gasteiger partial charge in [-0.25, -0.2) is 4.79 Å². The van der Waals surface area contributed by atoms with Gasteiger partial charge in [0.25, 0.3) is 0 Å². The van der Waals surface area contributed by atoms with E-state index < -0.39 is 5.97 Å². The minimum atomic E-state index is -0.904. The maximum absolute atomic E-state index is 9.86. The van der Waals surface area contributed by atoms with Crippen LogP contribution in [0.2, 0.25) is 0 Å². The molecule has 0 aliphatic rings. The first-order valence-corrected chi connectivity index (χ1v) is 3.05. The Morgan fingerprint density at radius 2 is 2.38 bits per heavy atom. The van der Waals surface area contributed by atoms with Crippen LogP contribution in [-0.2, 0) is 4.79 Å². The molecule has 0 unspecified atom stereocenters. The fourth-order valence-corrected chi connectivity index (χ4v) is 0.432. The van der Waals surface area contributed by atoms with Crippen molar-refractivity contribution < 1.29 is 9.90 Å². The van der Waals surface area contributed by atoms with E-state index in [2.05, 4.69) is 15.9 Å². The Hall–Kier alpha value is -0.310. The fourth-order valence-electron chi connectivity index (χ4n) is 0.236. The summed E-state index contributed by atoms with van der Waals surface area (Å²) in [7, 11) is 0. The molecule has 0 heterocycles. The number of rotatable bonds is 2. The zero-order valence-electron chi connectivity index (χ0n) is 4.52. The van der Waals surface area contributed by atoms with E-state index in [4.69, 9.17) is 5.11 Å². The van der Waals surface area contributed by atoms with Gasteiger partial charge in [-0.05, 0) is 6.42 Å².